The normalized spacial score (nSPS) is 12.7. The van der Waals surface area contributed by atoms with Crippen LogP contribution < -0.4 is 4.90 Å². The molecule has 0 N–H and O–H groups in total. The van der Waals surface area contributed by atoms with Gasteiger partial charge in [0.05, 0.1) is 0 Å². The summed E-state index contributed by atoms with van der Waals surface area (Å²) in [4.78, 5) is 2.27. The Hall–Kier alpha value is -1.87. The SMILES string of the molecule is CCC(CC)=C(Br)c1ccccc1N(C=C1CC1)Cc1ccc(C)c(F)c1. The summed E-state index contributed by atoms with van der Waals surface area (Å²) in [6.07, 6.45) is 6.61. The summed E-state index contributed by atoms with van der Waals surface area (Å²) in [5.41, 5.74) is 6.88. The Morgan fingerprint density at radius 1 is 1.11 bits per heavy atom. The zero-order valence-electron chi connectivity index (χ0n) is 16.4. The van der Waals surface area contributed by atoms with E-state index in [1.54, 1.807) is 13.0 Å². The molecule has 1 saturated carbocycles. The Bertz CT molecular complexity index is 870. The minimum Gasteiger partial charge on any atom is -0.343 e. The fourth-order valence-corrected chi connectivity index (χ4v) is 4.11. The maximum Gasteiger partial charge on any atom is 0.126 e. The molecule has 0 atom stereocenters. The Kier molecular flexibility index (Phi) is 6.54. The number of hydrogen-bond acceptors (Lipinski definition) is 1. The van der Waals surface area contributed by atoms with E-state index in [9.17, 15) is 4.39 Å². The monoisotopic (exact) mass is 427 g/mol. The molecule has 1 aliphatic rings. The summed E-state index contributed by atoms with van der Waals surface area (Å²) >= 11 is 3.85. The van der Waals surface area contributed by atoms with Crippen LogP contribution in [0.15, 0.2) is 59.8 Å². The molecule has 0 saturated heterocycles. The molecule has 1 fully saturated rings. The molecular formula is C24H27BrFN. The summed E-state index contributed by atoms with van der Waals surface area (Å²) in [5.74, 6) is -0.139. The van der Waals surface area contributed by atoms with Crippen molar-refractivity contribution in [1.82, 2.24) is 0 Å². The molecule has 142 valence electrons. The maximum atomic E-state index is 14.1. The van der Waals surface area contributed by atoms with Gasteiger partial charge in [-0.05, 0) is 55.9 Å². The van der Waals surface area contributed by atoms with Crippen LogP contribution in [0.5, 0.6) is 0 Å². The third kappa shape index (κ3) is 4.90. The van der Waals surface area contributed by atoms with E-state index in [0.717, 1.165) is 36.9 Å². The first-order chi connectivity index (χ1) is 13.0. The van der Waals surface area contributed by atoms with Gasteiger partial charge in [-0.15, -0.1) is 0 Å². The number of halogens is 2. The number of anilines is 1. The predicted octanol–water partition coefficient (Wildman–Crippen LogP) is 7.74. The van der Waals surface area contributed by atoms with E-state index < -0.39 is 0 Å². The molecule has 27 heavy (non-hydrogen) atoms. The summed E-state index contributed by atoms with van der Waals surface area (Å²) in [6.45, 7) is 6.85. The van der Waals surface area contributed by atoms with E-state index in [-0.39, 0.29) is 5.82 Å². The maximum absolute atomic E-state index is 14.1. The highest BCUT2D eigenvalue weighted by molar-refractivity contribution is 9.15. The predicted molar refractivity (Wildman–Crippen MR) is 118 cm³/mol. The van der Waals surface area contributed by atoms with Crippen LogP contribution in [0.4, 0.5) is 10.1 Å². The molecule has 1 aliphatic carbocycles. The van der Waals surface area contributed by atoms with Gasteiger partial charge in [-0.2, -0.15) is 0 Å². The molecule has 2 aromatic carbocycles. The molecule has 0 aromatic heterocycles. The number of allylic oxidation sites excluding steroid dienone is 2. The first kappa shape index (κ1) is 19.9. The minimum absolute atomic E-state index is 0.139. The van der Waals surface area contributed by atoms with Crippen molar-refractivity contribution < 1.29 is 4.39 Å². The van der Waals surface area contributed by atoms with Crippen LogP contribution in [-0.4, -0.2) is 0 Å². The second kappa shape index (κ2) is 8.88. The van der Waals surface area contributed by atoms with Gasteiger partial charge >= 0.3 is 0 Å². The Morgan fingerprint density at radius 2 is 1.81 bits per heavy atom. The van der Waals surface area contributed by atoms with Crippen LogP contribution in [0.3, 0.4) is 0 Å². The van der Waals surface area contributed by atoms with E-state index in [1.165, 1.54) is 21.2 Å². The van der Waals surface area contributed by atoms with Crippen LogP contribution in [0, 0.1) is 12.7 Å². The second-order valence-corrected chi connectivity index (χ2v) is 7.93. The lowest BCUT2D eigenvalue weighted by atomic mass is 10.0. The lowest BCUT2D eigenvalue weighted by Gasteiger charge is -2.25. The average Bonchev–Trinajstić information content (AvgIpc) is 3.49. The molecule has 3 heteroatoms. The van der Waals surface area contributed by atoms with E-state index in [1.807, 2.05) is 12.1 Å². The van der Waals surface area contributed by atoms with Crippen LogP contribution >= 0.6 is 15.9 Å². The van der Waals surface area contributed by atoms with Crippen molar-refractivity contribution in [3.8, 4) is 0 Å². The molecule has 0 heterocycles. The molecule has 0 spiro atoms. The van der Waals surface area contributed by atoms with Gasteiger partial charge < -0.3 is 4.90 Å². The average molecular weight is 428 g/mol. The summed E-state index contributed by atoms with van der Waals surface area (Å²) in [5, 5.41) is 0. The molecular weight excluding hydrogens is 401 g/mol. The molecule has 0 aliphatic heterocycles. The Labute approximate surface area is 170 Å². The molecule has 1 nitrogen and oxygen atoms in total. The van der Waals surface area contributed by atoms with Gasteiger partial charge in [0.2, 0.25) is 0 Å². The molecule has 3 rings (SSSR count). The van der Waals surface area contributed by atoms with Crippen LogP contribution in [0.2, 0.25) is 0 Å². The van der Waals surface area contributed by atoms with Crippen molar-refractivity contribution >= 4 is 26.1 Å². The number of rotatable bonds is 7. The van der Waals surface area contributed by atoms with Crippen molar-refractivity contribution in [2.24, 2.45) is 0 Å². The third-order valence-electron chi connectivity index (χ3n) is 5.08. The number of para-hydroxylation sites is 1. The summed E-state index contributed by atoms with van der Waals surface area (Å²) in [7, 11) is 0. The van der Waals surface area contributed by atoms with Gasteiger partial charge in [-0.3, -0.25) is 0 Å². The standard InChI is InChI=1S/C24H27BrFN/c1-4-20(5-2)24(25)21-8-6-7-9-23(21)27(15-18-12-13-18)16-19-11-10-17(3)22(26)14-19/h6-11,14-15H,4-5,12-13,16H2,1-3H3. The highest BCUT2D eigenvalue weighted by atomic mass is 79.9. The first-order valence-electron chi connectivity index (χ1n) is 9.71. The van der Waals surface area contributed by atoms with E-state index in [4.69, 9.17) is 0 Å². The van der Waals surface area contributed by atoms with Crippen LogP contribution in [0.25, 0.3) is 4.48 Å². The van der Waals surface area contributed by atoms with Gasteiger partial charge in [0.25, 0.3) is 0 Å². The van der Waals surface area contributed by atoms with Crippen LogP contribution in [-0.2, 0) is 6.54 Å². The first-order valence-corrected chi connectivity index (χ1v) is 10.5. The molecule has 0 unspecified atom stereocenters. The van der Waals surface area contributed by atoms with Crippen LogP contribution in [0.1, 0.15) is 56.2 Å². The quantitative estimate of drug-likeness (QED) is 0.436. The van der Waals surface area contributed by atoms with Crippen molar-refractivity contribution in [2.75, 3.05) is 4.90 Å². The lowest BCUT2D eigenvalue weighted by molar-refractivity contribution is 0.616. The minimum atomic E-state index is -0.139. The fourth-order valence-electron chi connectivity index (χ4n) is 3.21. The number of aryl methyl sites for hydroxylation is 1. The number of hydrogen-bond donors (Lipinski definition) is 0. The van der Waals surface area contributed by atoms with Gasteiger partial charge in [-0.1, -0.05) is 71.3 Å². The molecule has 0 radical (unpaired) electrons. The largest absolute Gasteiger partial charge is 0.343 e. The van der Waals surface area contributed by atoms with E-state index >= 15 is 0 Å². The van der Waals surface area contributed by atoms with Gasteiger partial charge in [0.15, 0.2) is 0 Å². The Morgan fingerprint density at radius 3 is 2.44 bits per heavy atom. The van der Waals surface area contributed by atoms with Gasteiger partial charge in [0.1, 0.15) is 5.82 Å². The Balaban J connectivity index is 2.02. The topological polar surface area (TPSA) is 3.24 Å². The smallest absolute Gasteiger partial charge is 0.126 e. The van der Waals surface area contributed by atoms with Crippen molar-refractivity contribution in [2.45, 2.75) is 53.0 Å². The van der Waals surface area contributed by atoms with Crippen molar-refractivity contribution in [3.63, 3.8) is 0 Å². The zero-order chi connectivity index (χ0) is 19.4. The van der Waals surface area contributed by atoms with Crippen molar-refractivity contribution in [3.05, 3.63) is 82.3 Å². The fraction of sp³-hybridized carbons (Fsp3) is 0.333. The highest BCUT2D eigenvalue weighted by Crippen LogP contribution is 2.38. The van der Waals surface area contributed by atoms with E-state index in [2.05, 4.69) is 65.1 Å². The lowest BCUT2D eigenvalue weighted by Crippen LogP contribution is -2.17. The van der Waals surface area contributed by atoms with Gasteiger partial charge in [-0.25, -0.2) is 4.39 Å². The molecule has 2 aromatic rings. The van der Waals surface area contributed by atoms with Gasteiger partial charge in [0, 0.05) is 28.5 Å². The second-order valence-electron chi connectivity index (χ2n) is 7.14. The third-order valence-corrected chi connectivity index (χ3v) is 6.07. The molecule has 0 bridgehead atoms. The highest BCUT2D eigenvalue weighted by Gasteiger charge is 2.18. The van der Waals surface area contributed by atoms with Crippen molar-refractivity contribution in [1.29, 1.82) is 0 Å². The number of benzene rings is 2. The number of nitrogens with zero attached hydrogens (tertiary/aromatic N) is 1. The summed E-state index contributed by atoms with van der Waals surface area (Å²) < 4.78 is 15.2. The molecule has 0 amide bonds. The van der Waals surface area contributed by atoms with E-state index in [0.29, 0.717) is 12.1 Å². The zero-order valence-corrected chi connectivity index (χ0v) is 17.9. The summed E-state index contributed by atoms with van der Waals surface area (Å²) in [6, 6.07) is 14.0.